The maximum Gasteiger partial charge on any atom is 0.310 e. The molecule has 2 N–H and O–H groups in total. The maximum absolute atomic E-state index is 13.3. The Morgan fingerprint density at radius 3 is 2.28 bits per heavy atom. The molecule has 7 heteroatoms. The van der Waals surface area contributed by atoms with Gasteiger partial charge >= 0.3 is 5.97 Å². The molecule has 4 atom stereocenters. The van der Waals surface area contributed by atoms with E-state index in [4.69, 9.17) is 4.74 Å². The first-order valence-corrected chi connectivity index (χ1v) is 13.7. The molecule has 1 aliphatic heterocycles. The monoisotopic (exact) mass is 532 g/mol. The van der Waals surface area contributed by atoms with Crippen LogP contribution in [0.3, 0.4) is 0 Å². The number of esters is 1. The molecule has 2 aromatic carbocycles. The predicted molar refractivity (Wildman–Crippen MR) is 151 cm³/mol. The lowest BCUT2D eigenvalue weighted by atomic mass is 9.96. The molecule has 208 valence electrons. The van der Waals surface area contributed by atoms with Crippen molar-refractivity contribution in [1.82, 2.24) is 10.2 Å². The van der Waals surface area contributed by atoms with Crippen LogP contribution >= 0.6 is 0 Å². The lowest BCUT2D eigenvalue weighted by Crippen LogP contribution is -2.41. The Hall–Kier alpha value is -3.71. The summed E-state index contributed by atoms with van der Waals surface area (Å²) in [7, 11) is 0. The predicted octanol–water partition coefficient (Wildman–Crippen LogP) is 4.39. The van der Waals surface area contributed by atoms with Crippen molar-refractivity contribution in [3.63, 3.8) is 0 Å². The molecule has 1 fully saturated rings. The van der Waals surface area contributed by atoms with Gasteiger partial charge in [-0.1, -0.05) is 72.8 Å². The number of nitrogens with one attached hydrogen (secondary N) is 1. The average molecular weight is 533 g/mol. The number of aliphatic hydroxyl groups excluding tert-OH is 1. The Morgan fingerprint density at radius 2 is 1.64 bits per heavy atom. The fourth-order valence-corrected chi connectivity index (χ4v) is 5.00. The Labute approximate surface area is 231 Å². The molecule has 39 heavy (non-hydrogen) atoms. The van der Waals surface area contributed by atoms with Crippen molar-refractivity contribution in [3.05, 3.63) is 97.1 Å². The molecule has 0 aliphatic carbocycles. The van der Waals surface area contributed by atoms with Crippen LogP contribution in [0.4, 0.5) is 0 Å². The van der Waals surface area contributed by atoms with Gasteiger partial charge in [0.25, 0.3) is 0 Å². The van der Waals surface area contributed by atoms with Crippen LogP contribution in [0.5, 0.6) is 0 Å². The summed E-state index contributed by atoms with van der Waals surface area (Å²) in [5.74, 6) is -1.81. The van der Waals surface area contributed by atoms with Crippen LogP contribution in [0.2, 0.25) is 0 Å². The molecule has 1 aliphatic rings. The average Bonchev–Trinajstić information content (AvgIpc) is 3.45. The topological polar surface area (TPSA) is 95.9 Å². The fraction of sp³-hybridized carbons (Fsp3) is 0.406. The number of benzene rings is 2. The van der Waals surface area contributed by atoms with E-state index in [0.29, 0.717) is 25.8 Å². The van der Waals surface area contributed by atoms with Gasteiger partial charge in [-0.15, -0.1) is 13.2 Å². The first kappa shape index (κ1) is 29.8. The van der Waals surface area contributed by atoms with Gasteiger partial charge in [-0.3, -0.25) is 14.4 Å². The Kier molecular flexibility index (Phi) is 12.0. The molecule has 0 unspecified atom stereocenters. The molecule has 0 aromatic heterocycles. The molecular weight excluding hydrogens is 492 g/mol. The minimum Gasteiger partial charge on any atom is -0.455 e. The lowest BCUT2D eigenvalue weighted by molar-refractivity contribution is -0.154. The summed E-state index contributed by atoms with van der Waals surface area (Å²) in [6, 6.07) is 18.9. The molecule has 2 amide bonds. The van der Waals surface area contributed by atoms with Crippen molar-refractivity contribution < 1.29 is 24.2 Å². The second-order valence-corrected chi connectivity index (χ2v) is 9.98. The minimum atomic E-state index is -0.692. The van der Waals surface area contributed by atoms with Gasteiger partial charge in [-0.25, -0.2) is 0 Å². The third-order valence-corrected chi connectivity index (χ3v) is 7.15. The number of hydrogen-bond donors (Lipinski definition) is 2. The van der Waals surface area contributed by atoms with Crippen LogP contribution in [-0.4, -0.2) is 53.5 Å². The number of amides is 2. The van der Waals surface area contributed by atoms with Crippen molar-refractivity contribution in [2.24, 2.45) is 11.8 Å². The van der Waals surface area contributed by atoms with E-state index in [0.717, 1.165) is 24.0 Å². The van der Waals surface area contributed by atoms with Gasteiger partial charge in [0.15, 0.2) is 0 Å². The zero-order valence-corrected chi connectivity index (χ0v) is 22.5. The van der Waals surface area contributed by atoms with E-state index in [9.17, 15) is 19.5 Å². The maximum atomic E-state index is 13.3. The van der Waals surface area contributed by atoms with Gasteiger partial charge in [0, 0.05) is 13.0 Å². The normalized spacial score (nSPS) is 17.1. The van der Waals surface area contributed by atoms with Crippen molar-refractivity contribution in [3.8, 4) is 0 Å². The van der Waals surface area contributed by atoms with E-state index >= 15 is 0 Å². The number of allylic oxidation sites excluding steroid dienone is 2. The molecule has 0 spiro atoms. The molecule has 3 rings (SSSR count). The van der Waals surface area contributed by atoms with Crippen molar-refractivity contribution in [1.29, 1.82) is 0 Å². The van der Waals surface area contributed by atoms with Crippen molar-refractivity contribution >= 4 is 17.8 Å². The summed E-state index contributed by atoms with van der Waals surface area (Å²) in [4.78, 5) is 41.1. The molecular formula is C32H40N2O5. The van der Waals surface area contributed by atoms with Crippen LogP contribution in [0.25, 0.3) is 0 Å². The summed E-state index contributed by atoms with van der Waals surface area (Å²) in [5, 5.41) is 12.5. The third kappa shape index (κ3) is 8.93. The number of rotatable bonds is 15. The quantitative estimate of drug-likeness (QED) is 0.262. The van der Waals surface area contributed by atoms with Gasteiger partial charge in [0.05, 0.1) is 31.0 Å². The van der Waals surface area contributed by atoms with E-state index in [2.05, 4.69) is 18.5 Å². The highest BCUT2D eigenvalue weighted by Crippen LogP contribution is 2.24. The molecule has 2 aromatic rings. The SMILES string of the molecule is C=CC[C@H](CC(=O)N1CCC[C@H]1CO)C(=O)NC[C@@H](OC(=O)[C@@H](CC=C)Cc1ccccc1)c1ccccc1. The third-order valence-electron chi connectivity index (χ3n) is 7.15. The Bertz CT molecular complexity index is 1090. The number of likely N-dealkylation sites (tertiary alicyclic amines) is 1. The molecule has 0 saturated carbocycles. The van der Waals surface area contributed by atoms with E-state index in [-0.39, 0.29) is 43.4 Å². The molecule has 1 heterocycles. The van der Waals surface area contributed by atoms with Gasteiger partial charge in [0.2, 0.25) is 11.8 Å². The molecule has 1 saturated heterocycles. The van der Waals surface area contributed by atoms with Gasteiger partial charge in [-0.2, -0.15) is 0 Å². The number of carbonyl (C=O) groups is 3. The Balaban J connectivity index is 1.68. The summed E-state index contributed by atoms with van der Waals surface area (Å²) in [6.45, 7) is 8.14. The van der Waals surface area contributed by atoms with Crippen LogP contribution in [0.15, 0.2) is 86.0 Å². The first-order valence-electron chi connectivity index (χ1n) is 13.7. The summed E-state index contributed by atoms with van der Waals surface area (Å²) < 4.78 is 5.98. The second-order valence-electron chi connectivity index (χ2n) is 9.98. The van der Waals surface area contributed by atoms with E-state index < -0.39 is 17.9 Å². The van der Waals surface area contributed by atoms with E-state index in [1.807, 2.05) is 60.7 Å². The zero-order chi connectivity index (χ0) is 28.0. The van der Waals surface area contributed by atoms with Crippen LogP contribution < -0.4 is 5.32 Å². The highest BCUT2D eigenvalue weighted by Gasteiger charge is 2.31. The van der Waals surface area contributed by atoms with E-state index in [1.165, 1.54) is 0 Å². The van der Waals surface area contributed by atoms with Crippen LogP contribution in [-0.2, 0) is 25.5 Å². The Morgan fingerprint density at radius 1 is 1.00 bits per heavy atom. The number of nitrogens with zero attached hydrogens (tertiary/aromatic N) is 1. The smallest absolute Gasteiger partial charge is 0.310 e. The highest BCUT2D eigenvalue weighted by molar-refractivity contribution is 5.86. The van der Waals surface area contributed by atoms with Gasteiger partial charge < -0.3 is 20.1 Å². The van der Waals surface area contributed by atoms with Gasteiger partial charge in [0.1, 0.15) is 6.10 Å². The number of ether oxygens (including phenoxy) is 1. The first-order chi connectivity index (χ1) is 19.0. The number of aliphatic hydroxyl groups is 1. The van der Waals surface area contributed by atoms with E-state index in [1.54, 1.807) is 17.1 Å². The standard InChI is InChI=1S/C32H40N2O5/c1-3-12-26(21-30(36)34-19-11-18-28(34)23-35)31(37)33-22-29(25-16-9-6-10-17-25)39-32(38)27(13-4-2)20-24-14-7-5-8-15-24/h3-10,14-17,26-29,35H,1-2,11-13,18-23H2,(H,33,37)/t26-,27+,28+,29-/m1/s1. The van der Waals surface area contributed by atoms with Crippen molar-refractivity contribution in [2.45, 2.75) is 50.7 Å². The minimum absolute atomic E-state index is 0.0304. The summed E-state index contributed by atoms with van der Waals surface area (Å²) >= 11 is 0. The molecule has 0 bridgehead atoms. The lowest BCUT2D eigenvalue weighted by Gasteiger charge is -2.26. The summed E-state index contributed by atoms with van der Waals surface area (Å²) in [6.07, 6.45) is 5.62. The highest BCUT2D eigenvalue weighted by atomic mass is 16.5. The number of carbonyl (C=O) groups excluding carboxylic acids is 3. The van der Waals surface area contributed by atoms with Gasteiger partial charge in [-0.05, 0) is 43.2 Å². The van der Waals surface area contributed by atoms with Crippen LogP contribution in [0, 0.1) is 11.8 Å². The molecule has 7 nitrogen and oxygen atoms in total. The van der Waals surface area contributed by atoms with Crippen molar-refractivity contribution in [2.75, 3.05) is 19.7 Å². The fourth-order valence-electron chi connectivity index (χ4n) is 5.00. The molecule has 0 radical (unpaired) electrons. The number of hydrogen-bond acceptors (Lipinski definition) is 5. The summed E-state index contributed by atoms with van der Waals surface area (Å²) in [5.41, 5.74) is 1.80. The largest absolute Gasteiger partial charge is 0.455 e. The van der Waals surface area contributed by atoms with Crippen LogP contribution in [0.1, 0.15) is 49.3 Å². The second kappa shape index (κ2) is 15.6. The zero-order valence-electron chi connectivity index (χ0n) is 22.5.